The van der Waals surface area contributed by atoms with Crippen molar-refractivity contribution in [2.75, 3.05) is 6.61 Å². The summed E-state index contributed by atoms with van der Waals surface area (Å²) in [4.78, 5) is 0. The van der Waals surface area contributed by atoms with Crippen LogP contribution >= 0.6 is 0 Å². The highest BCUT2D eigenvalue weighted by molar-refractivity contribution is 7.81. The zero-order chi connectivity index (χ0) is 15.6. The SMILES string of the molecule is Cc1c(OS(=O)(=O)O)ccc(OS(=O)(=O)O)c1CCO.N.N.O. The predicted molar refractivity (Wildman–Crippen MR) is 80.0 cm³/mol. The van der Waals surface area contributed by atoms with Crippen LogP contribution in [0.15, 0.2) is 12.1 Å². The van der Waals surface area contributed by atoms with Gasteiger partial charge in [-0.3, -0.25) is 9.11 Å². The van der Waals surface area contributed by atoms with E-state index in [-0.39, 0.29) is 46.8 Å². The zero-order valence-corrected chi connectivity index (χ0v) is 13.7. The Morgan fingerprint density at radius 3 is 1.74 bits per heavy atom. The molecule has 23 heavy (non-hydrogen) atoms. The first-order valence-corrected chi connectivity index (χ1v) is 7.83. The van der Waals surface area contributed by atoms with Crippen molar-refractivity contribution in [3.8, 4) is 11.5 Å². The molecule has 0 spiro atoms. The number of benzene rings is 1. The Labute approximate surface area is 133 Å². The summed E-state index contributed by atoms with van der Waals surface area (Å²) in [6.45, 7) is 0.973. The molecule has 0 amide bonds. The van der Waals surface area contributed by atoms with Crippen LogP contribution in [0.25, 0.3) is 0 Å². The van der Waals surface area contributed by atoms with Gasteiger partial charge in [-0.1, -0.05) is 0 Å². The van der Waals surface area contributed by atoms with Gasteiger partial charge in [0.2, 0.25) is 0 Å². The lowest BCUT2D eigenvalue weighted by molar-refractivity contribution is 0.297. The van der Waals surface area contributed by atoms with Crippen molar-refractivity contribution in [3.05, 3.63) is 23.3 Å². The lowest BCUT2D eigenvalue weighted by Gasteiger charge is -2.14. The number of hydrogen-bond donors (Lipinski definition) is 5. The molecule has 0 aromatic heterocycles. The zero-order valence-electron chi connectivity index (χ0n) is 12.1. The normalized spacial score (nSPS) is 10.6. The second kappa shape index (κ2) is 9.58. The van der Waals surface area contributed by atoms with E-state index in [1.165, 1.54) is 6.92 Å². The van der Waals surface area contributed by atoms with Gasteiger partial charge in [-0.25, -0.2) is 0 Å². The Bertz CT molecular complexity index is 701. The Balaban J connectivity index is -0.00000133. The van der Waals surface area contributed by atoms with Crippen LogP contribution in [-0.2, 0) is 27.2 Å². The number of aliphatic hydroxyl groups is 1. The molecule has 12 nitrogen and oxygen atoms in total. The fourth-order valence-electron chi connectivity index (χ4n) is 1.53. The Kier molecular flexibility index (Phi) is 11.0. The molecule has 0 aliphatic heterocycles. The Hall–Kier alpha value is -1.52. The van der Waals surface area contributed by atoms with E-state index in [2.05, 4.69) is 8.37 Å². The summed E-state index contributed by atoms with van der Waals surface area (Å²) in [6.07, 6.45) is -0.0840. The number of rotatable bonds is 6. The molecule has 0 radical (unpaired) electrons. The minimum absolute atomic E-state index is 0. The van der Waals surface area contributed by atoms with E-state index in [1.54, 1.807) is 0 Å². The maximum absolute atomic E-state index is 10.7. The van der Waals surface area contributed by atoms with Crippen molar-refractivity contribution in [2.24, 2.45) is 0 Å². The van der Waals surface area contributed by atoms with Crippen LogP contribution in [0.5, 0.6) is 11.5 Å². The molecule has 0 heterocycles. The first-order chi connectivity index (χ1) is 9.03. The van der Waals surface area contributed by atoms with Gasteiger partial charge in [0.25, 0.3) is 0 Å². The van der Waals surface area contributed by atoms with Gasteiger partial charge in [0.05, 0.1) is 0 Å². The second-order valence-electron chi connectivity index (χ2n) is 3.66. The van der Waals surface area contributed by atoms with Crippen LogP contribution in [0.1, 0.15) is 11.1 Å². The highest BCUT2D eigenvalue weighted by atomic mass is 32.3. The molecule has 0 bridgehead atoms. The molecule has 0 saturated heterocycles. The standard InChI is InChI=1S/C9H12O9S2.2H3N.H2O/c1-6-7(4-5-10)9(18-20(14,15)16)3-2-8(6)17-19(11,12)13;;;/h2-3,10H,4-5H2,1H3,(H,11,12,13)(H,14,15,16);2*1H3;1H2. The van der Waals surface area contributed by atoms with Crippen LogP contribution in [0.2, 0.25) is 0 Å². The van der Waals surface area contributed by atoms with Crippen LogP contribution in [0, 0.1) is 6.92 Å². The van der Waals surface area contributed by atoms with E-state index in [1.807, 2.05) is 0 Å². The molecule has 0 aliphatic carbocycles. The minimum Gasteiger partial charge on any atom is -0.412 e. The van der Waals surface area contributed by atoms with Crippen molar-refractivity contribution >= 4 is 20.8 Å². The van der Waals surface area contributed by atoms with Gasteiger partial charge in [0.1, 0.15) is 11.5 Å². The van der Waals surface area contributed by atoms with Gasteiger partial charge < -0.3 is 31.2 Å². The fraction of sp³-hybridized carbons (Fsp3) is 0.333. The highest BCUT2D eigenvalue weighted by Crippen LogP contribution is 2.31. The summed E-state index contributed by atoms with van der Waals surface area (Å²) >= 11 is 0. The maximum atomic E-state index is 10.7. The van der Waals surface area contributed by atoms with E-state index < -0.39 is 27.4 Å². The monoisotopic (exact) mass is 380 g/mol. The molecule has 1 rings (SSSR count). The first-order valence-electron chi connectivity index (χ1n) is 5.10. The van der Waals surface area contributed by atoms with Gasteiger partial charge in [-0.05, 0) is 31.0 Å². The summed E-state index contributed by atoms with van der Waals surface area (Å²) in [5.41, 5.74) is 0.226. The molecule has 0 atom stereocenters. The van der Waals surface area contributed by atoms with E-state index >= 15 is 0 Å². The largest absolute Gasteiger partial charge is 0.446 e. The lowest BCUT2D eigenvalue weighted by Crippen LogP contribution is -2.12. The van der Waals surface area contributed by atoms with Crippen molar-refractivity contribution in [1.29, 1.82) is 0 Å². The minimum atomic E-state index is -4.77. The third kappa shape index (κ3) is 8.62. The van der Waals surface area contributed by atoms with Crippen molar-refractivity contribution in [1.82, 2.24) is 12.3 Å². The summed E-state index contributed by atoms with van der Waals surface area (Å²) < 4.78 is 68.5. The first kappa shape index (κ1) is 26.4. The maximum Gasteiger partial charge on any atom is 0.446 e. The smallest absolute Gasteiger partial charge is 0.412 e. The summed E-state index contributed by atoms with van der Waals surface area (Å²) in [5.74, 6) is -0.555. The average Bonchev–Trinajstić information content (AvgIpc) is 2.24. The molecule has 0 aliphatic rings. The average molecular weight is 380 g/mol. The van der Waals surface area contributed by atoms with E-state index in [0.29, 0.717) is 0 Å². The van der Waals surface area contributed by atoms with Gasteiger partial charge >= 0.3 is 20.8 Å². The van der Waals surface area contributed by atoms with Gasteiger partial charge in [0, 0.05) is 12.2 Å². The van der Waals surface area contributed by atoms with Gasteiger partial charge in [-0.2, -0.15) is 16.8 Å². The van der Waals surface area contributed by atoms with Gasteiger partial charge in [-0.15, -0.1) is 0 Å². The molecule has 11 N–H and O–H groups in total. The van der Waals surface area contributed by atoms with E-state index in [9.17, 15) is 16.8 Å². The quantitative estimate of drug-likeness (QED) is 0.389. The molecule has 0 saturated carbocycles. The van der Waals surface area contributed by atoms with Crippen molar-refractivity contribution in [2.45, 2.75) is 13.3 Å². The Morgan fingerprint density at radius 1 is 0.957 bits per heavy atom. The molecule has 0 unspecified atom stereocenters. The second-order valence-corrected chi connectivity index (χ2v) is 5.71. The highest BCUT2D eigenvalue weighted by Gasteiger charge is 2.18. The van der Waals surface area contributed by atoms with E-state index in [4.69, 9.17) is 14.2 Å². The van der Waals surface area contributed by atoms with Crippen LogP contribution < -0.4 is 20.7 Å². The molecular weight excluding hydrogens is 360 g/mol. The Morgan fingerprint density at radius 2 is 1.35 bits per heavy atom. The molecule has 1 aromatic carbocycles. The summed E-state index contributed by atoms with van der Waals surface area (Å²) in [6, 6.07) is 2.05. The van der Waals surface area contributed by atoms with Crippen LogP contribution in [-0.4, -0.2) is 43.1 Å². The van der Waals surface area contributed by atoms with Crippen LogP contribution in [0.4, 0.5) is 0 Å². The molecule has 138 valence electrons. The number of aliphatic hydroxyl groups excluding tert-OH is 1. The third-order valence-electron chi connectivity index (χ3n) is 2.26. The van der Waals surface area contributed by atoms with Gasteiger partial charge in [0.15, 0.2) is 0 Å². The number of hydrogen-bond acceptors (Lipinski definition) is 9. The molecule has 1 aromatic rings. The molecule has 0 fully saturated rings. The molecular formula is C9H20N2O10S2. The molecule has 14 heteroatoms. The van der Waals surface area contributed by atoms with E-state index in [0.717, 1.165) is 12.1 Å². The fourth-order valence-corrected chi connectivity index (χ4v) is 2.32. The predicted octanol–water partition coefficient (Wildman–Crippen LogP) is -0.608. The van der Waals surface area contributed by atoms with Crippen LogP contribution in [0.3, 0.4) is 0 Å². The summed E-state index contributed by atoms with van der Waals surface area (Å²) in [7, 11) is -9.52. The van der Waals surface area contributed by atoms with Crippen molar-refractivity contribution < 1.29 is 44.9 Å². The summed E-state index contributed by atoms with van der Waals surface area (Å²) in [5, 5.41) is 8.91. The van der Waals surface area contributed by atoms with Crippen molar-refractivity contribution in [3.63, 3.8) is 0 Å². The lowest BCUT2D eigenvalue weighted by atomic mass is 10.0. The third-order valence-corrected chi connectivity index (χ3v) is 3.04. The topological polar surface area (TPSA) is 249 Å².